The predicted octanol–water partition coefficient (Wildman–Crippen LogP) is 2.66. The lowest BCUT2D eigenvalue weighted by Gasteiger charge is -2.33. The van der Waals surface area contributed by atoms with E-state index in [0.29, 0.717) is 12.8 Å². The minimum atomic E-state index is -4.08. The normalized spacial score (nSPS) is 26.4. The highest BCUT2D eigenvalue weighted by atomic mass is 19.4. The lowest BCUT2D eigenvalue weighted by molar-refractivity contribution is -0.186. The van der Waals surface area contributed by atoms with Gasteiger partial charge in [-0.2, -0.15) is 18.3 Å². The van der Waals surface area contributed by atoms with Crippen LogP contribution in [0, 0.1) is 11.8 Å². The molecule has 3 nitrogen and oxygen atoms in total. The molecule has 0 saturated heterocycles. The first-order chi connectivity index (χ1) is 8.86. The summed E-state index contributed by atoms with van der Waals surface area (Å²) in [5.74, 6) is -1.22. The molecular weight excluding hydrogens is 255 g/mol. The molecule has 1 aromatic rings. The number of aryl methyl sites for hydroxylation is 1. The fraction of sp³-hybridized carbons (Fsp3) is 0.769. The molecule has 0 spiro atoms. The van der Waals surface area contributed by atoms with Crippen LogP contribution in [0.1, 0.15) is 31.2 Å². The van der Waals surface area contributed by atoms with Crippen molar-refractivity contribution >= 4 is 0 Å². The Balaban J connectivity index is 1.93. The van der Waals surface area contributed by atoms with Gasteiger partial charge < -0.3 is 5.73 Å². The zero-order chi connectivity index (χ0) is 14.0. The van der Waals surface area contributed by atoms with Gasteiger partial charge in [0, 0.05) is 19.3 Å². The molecule has 1 aliphatic carbocycles. The van der Waals surface area contributed by atoms with Crippen molar-refractivity contribution in [3.8, 4) is 0 Å². The molecule has 1 aliphatic rings. The molecule has 108 valence electrons. The quantitative estimate of drug-likeness (QED) is 0.921. The molecule has 2 N–H and O–H groups in total. The van der Waals surface area contributed by atoms with Crippen molar-refractivity contribution < 1.29 is 13.2 Å². The summed E-state index contributed by atoms with van der Waals surface area (Å²) in [6.07, 6.45) is 1.96. The maximum Gasteiger partial charge on any atom is 0.391 e. The molecule has 2 rings (SSSR count). The number of halogens is 3. The molecule has 1 heterocycles. The van der Waals surface area contributed by atoms with Crippen molar-refractivity contribution in [2.45, 2.75) is 44.3 Å². The van der Waals surface area contributed by atoms with Crippen LogP contribution in [0.5, 0.6) is 0 Å². The van der Waals surface area contributed by atoms with Crippen LogP contribution >= 0.6 is 0 Å². The third kappa shape index (κ3) is 3.72. The summed E-state index contributed by atoms with van der Waals surface area (Å²) in [7, 11) is 1.81. The zero-order valence-electron chi connectivity index (χ0n) is 11.0. The first-order valence-electron chi connectivity index (χ1n) is 6.66. The molecule has 1 fully saturated rings. The number of nitrogens with zero attached hydrogens (tertiary/aromatic N) is 2. The summed E-state index contributed by atoms with van der Waals surface area (Å²) in [4.78, 5) is 0. The van der Waals surface area contributed by atoms with Crippen molar-refractivity contribution in [2.24, 2.45) is 24.6 Å². The van der Waals surface area contributed by atoms with Crippen LogP contribution in [0.25, 0.3) is 0 Å². The monoisotopic (exact) mass is 275 g/mol. The van der Waals surface area contributed by atoms with E-state index in [1.165, 1.54) is 0 Å². The summed E-state index contributed by atoms with van der Waals surface area (Å²) in [5, 5.41) is 4.05. The molecule has 0 radical (unpaired) electrons. The molecule has 19 heavy (non-hydrogen) atoms. The Morgan fingerprint density at radius 3 is 2.79 bits per heavy atom. The Hall–Kier alpha value is -1.04. The van der Waals surface area contributed by atoms with Crippen molar-refractivity contribution in [3.05, 3.63) is 18.0 Å². The van der Waals surface area contributed by atoms with Crippen LogP contribution in [0.2, 0.25) is 0 Å². The lowest BCUT2D eigenvalue weighted by atomic mass is 9.76. The number of hydrogen-bond acceptors (Lipinski definition) is 2. The summed E-state index contributed by atoms with van der Waals surface area (Å²) >= 11 is 0. The van der Waals surface area contributed by atoms with Crippen molar-refractivity contribution in [3.63, 3.8) is 0 Å². The van der Waals surface area contributed by atoms with Gasteiger partial charge in [0.15, 0.2) is 0 Å². The van der Waals surface area contributed by atoms with Crippen molar-refractivity contribution in [2.75, 3.05) is 0 Å². The van der Waals surface area contributed by atoms with E-state index in [1.54, 1.807) is 10.9 Å². The SMILES string of the molecule is Cn1cc(CC(N)C2CCCC(C(F)(F)F)C2)cn1. The van der Waals surface area contributed by atoms with Gasteiger partial charge in [-0.3, -0.25) is 4.68 Å². The van der Waals surface area contributed by atoms with E-state index in [4.69, 9.17) is 5.73 Å². The van der Waals surface area contributed by atoms with E-state index in [2.05, 4.69) is 5.10 Å². The second-order valence-electron chi connectivity index (χ2n) is 5.56. The highest BCUT2D eigenvalue weighted by Crippen LogP contribution is 2.40. The molecule has 6 heteroatoms. The number of hydrogen-bond donors (Lipinski definition) is 1. The maximum atomic E-state index is 12.8. The molecule has 0 amide bonds. The van der Waals surface area contributed by atoms with Crippen LogP contribution in [0.15, 0.2) is 12.4 Å². The summed E-state index contributed by atoms with van der Waals surface area (Å²) in [5.41, 5.74) is 7.08. The van der Waals surface area contributed by atoms with E-state index >= 15 is 0 Å². The van der Waals surface area contributed by atoms with Gasteiger partial charge in [0.05, 0.1) is 12.1 Å². The molecule has 3 atom stereocenters. The standard InChI is InChI=1S/C13H20F3N3/c1-19-8-9(7-18-19)5-12(17)10-3-2-4-11(6-10)13(14,15)16/h7-8,10-12H,2-6,17H2,1H3. The minimum Gasteiger partial charge on any atom is -0.327 e. The smallest absolute Gasteiger partial charge is 0.327 e. The van der Waals surface area contributed by atoms with Crippen LogP contribution in [0.4, 0.5) is 13.2 Å². The molecule has 0 bridgehead atoms. The van der Waals surface area contributed by atoms with E-state index in [-0.39, 0.29) is 24.8 Å². The Labute approximate surface area is 111 Å². The molecular formula is C13H20F3N3. The number of aromatic nitrogens is 2. The zero-order valence-corrected chi connectivity index (χ0v) is 11.0. The summed E-state index contributed by atoms with van der Waals surface area (Å²) in [6, 6.07) is -0.214. The molecule has 3 unspecified atom stereocenters. The molecule has 0 aliphatic heterocycles. The highest BCUT2D eigenvalue weighted by molar-refractivity contribution is 5.06. The predicted molar refractivity (Wildman–Crippen MR) is 66.4 cm³/mol. The Morgan fingerprint density at radius 1 is 1.47 bits per heavy atom. The van der Waals surface area contributed by atoms with Gasteiger partial charge >= 0.3 is 6.18 Å². The fourth-order valence-corrected chi connectivity index (χ4v) is 2.93. The van der Waals surface area contributed by atoms with Gasteiger partial charge in [-0.1, -0.05) is 6.42 Å². The molecule has 1 aromatic heterocycles. The lowest BCUT2D eigenvalue weighted by Crippen LogP contribution is -2.38. The molecule has 1 saturated carbocycles. The van der Waals surface area contributed by atoms with Crippen LogP contribution < -0.4 is 5.73 Å². The van der Waals surface area contributed by atoms with E-state index in [0.717, 1.165) is 12.0 Å². The Kier molecular flexibility index (Phi) is 4.18. The average molecular weight is 275 g/mol. The maximum absolute atomic E-state index is 12.8. The first-order valence-corrected chi connectivity index (χ1v) is 6.66. The Bertz CT molecular complexity index is 414. The van der Waals surface area contributed by atoms with Gasteiger partial charge in [-0.05, 0) is 37.2 Å². The summed E-state index contributed by atoms with van der Waals surface area (Å²) < 4.78 is 39.9. The van der Waals surface area contributed by atoms with Crippen molar-refractivity contribution in [1.29, 1.82) is 0 Å². The third-order valence-electron chi connectivity index (χ3n) is 4.01. The van der Waals surface area contributed by atoms with E-state index < -0.39 is 12.1 Å². The topological polar surface area (TPSA) is 43.8 Å². The van der Waals surface area contributed by atoms with Gasteiger partial charge in [0.2, 0.25) is 0 Å². The van der Waals surface area contributed by atoms with Gasteiger partial charge in [-0.25, -0.2) is 0 Å². The van der Waals surface area contributed by atoms with E-state index in [1.807, 2.05) is 13.2 Å². The van der Waals surface area contributed by atoms with Gasteiger partial charge in [0.25, 0.3) is 0 Å². The van der Waals surface area contributed by atoms with Gasteiger partial charge in [0.1, 0.15) is 0 Å². The number of nitrogens with two attached hydrogens (primary N) is 1. The van der Waals surface area contributed by atoms with Gasteiger partial charge in [-0.15, -0.1) is 0 Å². The van der Waals surface area contributed by atoms with Crippen LogP contribution in [-0.2, 0) is 13.5 Å². The average Bonchev–Trinajstić information content (AvgIpc) is 2.74. The second kappa shape index (κ2) is 5.53. The number of rotatable bonds is 3. The molecule has 0 aromatic carbocycles. The largest absolute Gasteiger partial charge is 0.391 e. The highest BCUT2D eigenvalue weighted by Gasteiger charge is 2.43. The second-order valence-corrected chi connectivity index (χ2v) is 5.56. The van der Waals surface area contributed by atoms with E-state index in [9.17, 15) is 13.2 Å². The Morgan fingerprint density at radius 2 is 2.21 bits per heavy atom. The third-order valence-corrected chi connectivity index (χ3v) is 4.01. The van der Waals surface area contributed by atoms with Crippen molar-refractivity contribution in [1.82, 2.24) is 9.78 Å². The first kappa shape index (κ1) is 14.4. The van der Waals surface area contributed by atoms with Crippen LogP contribution in [0.3, 0.4) is 0 Å². The summed E-state index contributed by atoms with van der Waals surface area (Å²) in [6.45, 7) is 0. The minimum absolute atomic E-state index is 0.0411. The van der Waals surface area contributed by atoms with Crippen LogP contribution in [-0.4, -0.2) is 22.0 Å². The number of alkyl halides is 3. The fourth-order valence-electron chi connectivity index (χ4n) is 2.93.